The number of hydrogen-bond acceptors (Lipinski definition) is 4. The summed E-state index contributed by atoms with van der Waals surface area (Å²) in [7, 11) is 0. The second-order valence-corrected chi connectivity index (χ2v) is 7.90. The van der Waals surface area contributed by atoms with Crippen LogP contribution in [0.3, 0.4) is 0 Å². The van der Waals surface area contributed by atoms with Crippen LogP contribution < -0.4 is 5.32 Å². The Labute approximate surface area is 193 Å². The van der Waals surface area contributed by atoms with Gasteiger partial charge in [-0.05, 0) is 54.2 Å². The van der Waals surface area contributed by atoms with Gasteiger partial charge in [-0.15, -0.1) is 0 Å². The van der Waals surface area contributed by atoms with E-state index in [2.05, 4.69) is 5.32 Å². The van der Waals surface area contributed by atoms with Crippen LogP contribution >= 0.6 is 11.6 Å². The minimum Gasteiger partial charge on any atom is -0.480 e. The van der Waals surface area contributed by atoms with E-state index in [0.29, 0.717) is 11.4 Å². The molecule has 5 nitrogen and oxygen atoms in total. The van der Waals surface area contributed by atoms with E-state index in [0.717, 1.165) is 22.3 Å². The Bertz CT molecular complexity index is 1040. The number of carboxylic acid groups (broad SMARTS) is 1. The Hall–Kier alpha value is -3.15. The van der Waals surface area contributed by atoms with Gasteiger partial charge in [0, 0.05) is 5.02 Å². The van der Waals surface area contributed by atoms with Gasteiger partial charge in [0.15, 0.2) is 0 Å². The SMILES string of the molecule is CCOC(=O)[C@H](Cc1ccccc1)N[C@@H](Cc1ccc(-c2cccc(Cl)c2)cc1)C(=O)O. The van der Waals surface area contributed by atoms with Crippen molar-refractivity contribution in [3.8, 4) is 11.1 Å². The highest BCUT2D eigenvalue weighted by Gasteiger charge is 2.27. The lowest BCUT2D eigenvalue weighted by Crippen LogP contribution is -2.49. The number of halogens is 1. The van der Waals surface area contributed by atoms with Crippen LogP contribution in [-0.2, 0) is 27.2 Å². The van der Waals surface area contributed by atoms with E-state index in [1.165, 1.54) is 0 Å². The number of benzene rings is 3. The van der Waals surface area contributed by atoms with Crippen molar-refractivity contribution in [1.82, 2.24) is 5.32 Å². The number of carbonyl (C=O) groups excluding carboxylic acids is 1. The van der Waals surface area contributed by atoms with E-state index >= 15 is 0 Å². The Balaban J connectivity index is 1.74. The van der Waals surface area contributed by atoms with Crippen LogP contribution in [0.25, 0.3) is 11.1 Å². The fourth-order valence-corrected chi connectivity index (χ4v) is 3.69. The normalized spacial score (nSPS) is 12.7. The highest BCUT2D eigenvalue weighted by Crippen LogP contribution is 2.23. The standard InChI is InChI=1S/C26H26ClNO4/c1-2-32-26(31)24(16-18-7-4-3-5-8-18)28-23(25(29)30)15-19-11-13-20(14-12-19)21-9-6-10-22(27)17-21/h3-14,17,23-24,28H,2,15-16H2,1H3,(H,29,30)/t23-,24-/m0/s1. The molecule has 0 unspecified atom stereocenters. The highest BCUT2D eigenvalue weighted by atomic mass is 35.5. The molecule has 32 heavy (non-hydrogen) atoms. The maximum absolute atomic E-state index is 12.5. The molecule has 2 atom stereocenters. The number of ether oxygens (including phenoxy) is 1. The van der Waals surface area contributed by atoms with Crippen LogP contribution in [0.5, 0.6) is 0 Å². The molecule has 0 saturated carbocycles. The van der Waals surface area contributed by atoms with Crippen molar-refractivity contribution in [3.05, 3.63) is 95.0 Å². The van der Waals surface area contributed by atoms with Gasteiger partial charge in [0.25, 0.3) is 0 Å². The summed E-state index contributed by atoms with van der Waals surface area (Å²) in [5.41, 5.74) is 3.75. The summed E-state index contributed by atoms with van der Waals surface area (Å²) in [4.78, 5) is 24.5. The fraction of sp³-hybridized carbons (Fsp3) is 0.231. The zero-order valence-corrected chi connectivity index (χ0v) is 18.6. The van der Waals surface area contributed by atoms with E-state index in [1.54, 1.807) is 6.92 Å². The molecule has 3 aromatic carbocycles. The smallest absolute Gasteiger partial charge is 0.323 e. The third-order valence-electron chi connectivity index (χ3n) is 5.11. The Morgan fingerprint density at radius 1 is 0.875 bits per heavy atom. The third kappa shape index (κ3) is 6.67. The summed E-state index contributed by atoms with van der Waals surface area (Å²) in [6.45, 7) is 1.96. The van der Waals surface area contributed by atoms with Crippen molar-refractivity contribution in [3.63, 3.8) is 0 Å². The molecule has 0 aliphatic heterocycles. The predicted octanol–water partition coefficient (Wildman–Crippen LogP) is 4.77. The molecular weight excluding hydrogens is 426 g/mol. The van der Waals surface area contributed by atoms with Gasteiger partial charge in [-0.3, -0.25) is 14.9 Å². The molecule has 2 N–H and O–H groups in total. The quantitative estimate of drug-likeness (QED) is 0.434. The summed E-state index contributed by atoms with van der Waals surface area (Å²) >= 11 is 6.07. The van der Waals surface area contributed by atoms with Gasteiger partial charge in [0.05, 0.1) is 6.61 Å². The first kappa shape index (κ1) is 23.5. The molecule has 0 saturated heterocycles. The Kier molecular flexibility index (Phi) is 8.42. The molecule has 6 heteroatoms. The average Bonchev–Trinajstić information content (AvgIpc) is 2.79. The molecule has 0 bridgehead atoms. The molecule has 0 aliphatic rings. The van der Waals surface area contributed by atoms with Gasteiger partial charge in [0.1, 0.15) is 12.1 Å². The number of aliphatic carboxylic acids is 1. The summed E-state index contributed by atoms with van der Waals surface area (Å²) in [6.07, 6.45) is 0.576. The third-order valence-corrected chi connectivity index (χ3v) is 5.34. The molecule has 0 radical (unpaired) electrons. The van der Waals surface area contributed by atoms with Crippen LogP contribution in [-0.4, -0.2) is 35.7 Å². The average molecular weight is 452 g/mol. The molecule has 3 aromatic rings. The predicted molar refractivity (Wildman–Crippen MR) is 126 cm³/mol. The zero-order chi connectivity index (χ0) is 22.9. The molecule has 0 fully saturated rings. The van der Waals surface area contributed by atoms with Crippen molar-refractivity contribution in [1.29, 1.82) is 0 Å². The lowest BCUT2D eigenvalue weighted by molar-refractivity contribution is -0.147. The van der Waals surface area contributed by atoms with Crippen LogP contribution in [0.1, 0.15) is 18.1 Å². The maximum atomic E-state index is 12.5. The number of esters is 1. The molecule has 0 aliphatic carbocycles. The monoisotopic (exact) mass is 451 g/mol. The second-order valence-electron chi connectivity index (χ2n) is 7.46. The van der Waals surface area contributed by atoms with Gasteiger partial charge in [-0.1, -0.05) is 78.3 Å². The van der Waals surface area contributed by atoms with E-state index < -0.39 is 24.0 Å². The minimum absolute atomic E-state index is 0.231. The van der Waals surface area contributed by atoms with Crippen molar-refractivity contribution < 1.29 is 19.4 Å². The highest BCUT2D eigenvalue weighted by molar-refractivity contribution is 6.30. The molecule has 166 valence electrons. The molecule has 3 rings (SSSR count). The first-order chi connectivity index (χ1) is 15.5. The van der Waals surface area contributed by atoms with Crippen LogP contribution in [0, 0.1) is 0 Å². The number of rotatable bonds is 10. The number of nitrogens with one attached hydrogen (secondary N) is 1. The van der Waals surface area contributed by atoms with Crippen LogP contribution in [0.4, 0.5) is 0 Å². The lowest BCUT2D eigenvalue weighted by atomic mass is 9.99. The molecule has 0 spiro atoms. The number of carbonyl (C=O) groups is 2. The summed E-state index contributed by atoms with van der Waals surface area (Å²) in [5, 5.41) is 13.4. The molecular formula is C26H26ClNO4. The van der Waals surface area contributed by atoms with Gasteiger partial charge < -0.3 is 9.84 Å². The van der Waals surface area contributed by atoms with Crippen molar-refractivity contribution >= 4 is 23.5 Å². The van der Waals surface area contributed by atoms with E-state index in [9.17, 15) is 14.7 Å². The molecule has 0 aromatic heterocycles. The summed E-state index contributed by atoms with van der Waals surface area (Å²) < 4.78 is 5.18. The summed E-state index contributed by atoms with van der Waals surface area (Å²) in [6, 6.07) is 23.0. The second kappa shape index (κ2) is 11.5. The molecule has 0 heterocycles. The van der Waals surface area contributed by atoms with Gasteiger partial charge in [-0.25, -0.2) is 0 Å². The van der Waals surface area contributed by atoms with Crippen LogP contribution in [0.2, 0.25) is 5.02 Å². The van der Waals surface area contributed by atoms with Gasteiger partial charge in [0.2, 0.25) is 0 Å². The van der Waals surface area contributed by atoms with Crippen molar-refractivity contribution in [2.24, 2.45) is 0 Å². The lowest BCUT2D eigenvalue weighted by Gasteiger charge is -2.22. The Morgan fingerprint density at radius 2 is 1.53 bits per heavy atom. The topological polar surface area (TPSA) is 75.6 Å². The summed E-state index contributed by atoms with van der Waals surface area (Å²) in [5.74, 6) is -1.48. The van der Waals surface area contributed by atoms with Crippen molar-refractivity contribution in [2.75, 3.05) is 6.61 Å². The van der Waals surface area contributed by atoms with Gasteiger partial charge >= 0.3 is 11.9 Å². The van der Waals surface area contributed by atoms with E-state index in [4.69, 9.17) is 16.3 Å². The zero-order valence-electron chi connectivity index (χ0n) is 17.8. The molecule has 0 amide bonds. The maximum Gasteiger partial charge on any atom is 0.323 e. The Morgan fingerprint density at radius 3 is 2.16 bits per heavy atom. The van der Waals surface area contributed by atoms with Crippen molar-refractivity contribution in [2.45, 2.75) is 31.8 Å². The van der Waals surface area contributed by atoms with E-state index in [-0.39, 0.29) is 13.0 Å². The number of hydrogen-bond donors (Lipinski definition) is 2. The number of carboxylic acids is 1. The first-order valence-corrected chi connectivity index (χ1v) is 10.9. The van der Waals surface area contributed by atoms with Crippen LogP contribution in [0.15, 0.2) is 78.9 Å². The van der Waals surface area contributed by atoms with E-state index in [1.807, 2.05) is 78.9 Å². The first-order valence-electron chi connectivity index (χ1n) is 10.5. The minimum atomic E-state index is -1.02. The fourth-order valence-electron chi connectivity index (χ4n) is 3.50. The van der Waals surface area contributed by atoms with Gasteiger partial charge in [-0.2, -0.15) is 0 Å². The largest absolute Gasteiger partial charge is 0.480 e.